The van der Waals surface area contributed by atoms with Gasteiger partial charge in [0.15, 0.2) is 0 Å². The van der Waals surface area contributed by atoms with Crippen LogP contribution in [0.5, 0.6) is 0 Å². The van der Waals surface area contributed by atoms with Gasteiger partial charge in [0, 0.05) is 0 Å². The summed E-state index contributed by atoms with van der Waals surface area (Å²) in [5.74, 6) is 1.70. The van der Waals surface area contributed by atoms with Crippen molar-refractivity contribution in [1.29, 1.82) is 0 Å². The summed E-state index contributed by atoms with van der Waals surface area (Å²) in [5, 5.41) is 3.26. The second kappa shape index (κ2) is 3.74. The maximum Gasteiger partial charge on any atom is -0.00174 e. The van der Waals surface area contributed by atoms with E-state index in [0.29, 0.717) is 0 Å². The predicted octanol–water partition coefficient (Wildman–Crippen LogP) is 2.63. The topological polar surface area (TPSA) is 12.0 Å². The van der Waals surface area contributed by atoms with E-state index in [1.807, 2.05) is 7.05 Å². The Morgan fingerprint density at radius 2 is 2.14 bits per heavy atom. The van der Waals surface area contributed by atoms with Crippen LogP contribution in [-0.4, -0.2) is 13.6 Å². The summed E-state index contributed by atoms with van der Waals surface area (Å²) in [4.78, 5) is 0. The molecule has 1 aromatic rings. The van der Waals surface area contributed by atoms with Crippen molar-refractivity contribution in [3.05, 3.63) is 34.9 Å². The van der Waals surface area contributed by atoms with E-state index in [4.69, 9.17) is 0 Å². The predicted molar refractivity (Wildman–Crippen MR) is 60.7 cm³/mol. The zero-order chi connectivity index (χ0) is 10.1. The smallest absolute Gasteiger partial charge is 0.00174 e. The lowest BCUT2D eigenvalue weighted by Gasteiger charge is -2.06. The van der Waals surface area contributed by atoms with Crippen molar-refractivity contribution >= 4 is 0 Å². The zero-order valence-electron chi connectivity index (χ0n) is 9.30. The Morgan fingerprint density at radius 1 is 1.36 bits per heavy atom. The molecule has 1 heteroatoms. The minimum absolute atomic E-state index is 0.822. The normalized spacial score (nSPS) is 25.1. The molecule has 1 aliphatic rings. The summed E-state index contributed by atoms with van der Waals surface area (Å²) in [6.45, 7) is 5.56. The Labute approximate surface area is 86.5 Å². The molecule has 1 saturated carbocycles. The van der Waals surface area contributed by atoms with Crippen LogP contribution < -0.4 is 5.32 Å². The molecule has 0 spiro atoms. The fourth-order valence-electron chi connectivity index (χ4n) is 2.36. The summed E-state index contributed by atoms with van der Waals surface area (Å²) in [6.07, 6.45) is 1.37. The molecule has 2 atom stereocenters. The third-order valence-corrected chi connectivity index (χ3v) is 3.21. The second-order valence-corrected chi connectivity index (χ2v) is 4.52. The molecule has 1 aromatic carbocycles. The molecule has 0 aliphatic heterocycles. The number of benzene rings is 1. The quantitative estimate of drug-likeness (QED) is 0.770. The third kappa shape index (κ3) is 1.83. The number of aryl methyl sites for hydroxylation is 2. The maximum atomic E-state index is 3.26. The highest BCUT2D eigenvalue weighted by Crippen LogP contribution is 2.47. The highest BCUT2D eigenvalue weighted by Gasteiger charge is 2.37. The lowest BCUT2D eigenvalue weighted by molar-refractivity contribution is 0.697. The van der Waals surface area contributed by atoms with Crippen molar-refractivity contribution in [2.75, 3.05) is 13.6 Å². The van der Waals surface area contributed by atoms with Gasteiger partial charge in [0.05, 0.1) is 0 Å². The van der Waals surface area contributed by atoms with E-state index >= 15 is 0 Å². The first-order valence-electron chi connectivity index (χ1n) is 5.44. The average Bonchev–Trinajstić information content (AvgIpc) is 2.84. The van der Waals surface area contributed by atoms with Gasteiger partial charge in [-0.2, -0.15) is 0 Å². The SMILES string of the molecule is CNCC1CC1c1ccc(C)cc1C. The van der Waals surface area contributed by atoms with Crippen molar-refractivity contribution in [2.45, 2.75) is 26.2 Å². The fourth-order valence-corrected chi connectivity index (χ4v) is 2.36. The molecule has 0 amide bonds. The first-order chi connectivity index (χ1) is 6.72. The molecule has 2 rings (SSSR count). The number of nitrogens with one attached hydrogen (secondary N) is 1. The van der Waals surface area contributed by atoms with Crippen LogP contribution in [-0.2, 0) is 0 Å². The molecular weight excluding hydrogens is 170 g/mol. The van der Waals surface area contributed by atoms with E-state index in [-0.39, 0.29) is 0 Å². The van der Waals surface area contributed by atoms with Crippen molar-refractivity contribution < 1.29 is 0 Å². The van der Waals surface area contributed by atoms with Gasteiger partial charge in [0.2, 0.25) is 0 Å². The van der Waals surface area contributed by atoms with Gasteiger partial charge in [0.25, 0.3) is 0 Å². The summed E-state index contributed by atoms with van der Waals surface area (Å²) in [7, 11) is 2.04. The number of hydrogen-bond donors (Lipinski definition) is 1. The van der Waals surface area contributed by atoms with Gasteiger partial charge in [-0.3, -0.25) is 0 Å². The van der Waals surface area contributed by atoms with Crippen LogP contribution in [0.25, 0.3) is 0 Å². The van der Waals surface area contributed by atoms with E-state index in [2.05, 4.69) is 37.4 Å². The van der Waals surface area contributed by atoms with E-state index in [0.717, 1.165) is 18.4 Å². The highest BCUT2D eigenvalue weighted by atomic mass is 14.8. The molecule has 0 bridgehead atoms. The molecule has 1 fully saturated rings. The zero-order valence-corrected chi connectivity index (χ0v) is 9.30. The first kappa shape index (κ1) is 9.72. The Bertz CT molecular complexity index is 330. The molecule has 0 radical (unpaired) electrons. The number of hydrogen-bond acceptors (Lipinski definition) is 1. The van der Waals surface area contributed by atoms with Crippen LogP contribution in [0.2, 0.25) is 0 Å². The standard InChI is InChI=1S/C13H19N/c1-9-4-5-12(10(2)6-9)13-7-11(13)8-14-3/h4-6,11,13-14H,7-8H2,1-3H3. The van der Waals surface area contributed by atoms with Gasteiger partial charge < -0.3 is 5.32 Å². The lowest BCUT2D eigenvalue weighted by Crippen LogP contribution is -2.10. The minimum atomic E-state index is 0.822. The van der Waals surface area contributed by atoms with Crippen molar-refractivity contribution in [3.8, 4) is 0 Å². The van der Waals surface area contributed by atoms with Crippen LogP contribution in [0.3, 0.4) is 0 Å². The average molecular weight is 189 g/mol. The van der Waals surface area contributed by atoms with Gasteiger partial charge >= 0.3 is 0 Å². The summed E-state index contributed by atoms with van der Waals surface area (Å²) < 4.78 is 0. The van der Waals surface area contributed by atoms with E-state index < -0.39 is 0 Å². The summed E-state index contributed by atoms with van der Waals surface area (Å²) in [6, 6.07) is 6.84. The van der Waals surface area contributed by atoms with E-state index in [1.165, 1.54) is 17.5 Å². The molecule has 0 aromatic heterocycles. The van der Waals surface area contributed by atoms with Gasteiger partial charge in [-0.05, 0) is 56.8 Å². The van der Waals surface area contributed by atoms with Gasteiger partial charge in [-0.1, -0.05) is 23.8 Å². The Morgan fingerprint density at radius 3 is 2.79 bits per heavy atom. The van der Waals surface area contributed by atoms with Crippen LogP contribution >= 0.6 is 0 Å². The highest BCUT2D eigenvalue weighted by molar-refractivity contribution is 5.36. The monoisotopic (exact) mass is 189 g/mol. The fraction of sp³-hybridized carbons (Fsp3) is 0.538. The third-order valence-electron chi connectivity index (χ3n) is 3.21. The van der Waals surface area contributed by atoms with Crippen LogP contribution in [0, 0.1) is 19.8 Å². The maximum absolute atomic E-state index is 3.26. The Kier molecular flexibility index (Phi) is 2.60. The molecule has 1 nitrogen and oxygen atoms in total. The van der Waals surface area contributed by atoms with E-state index in [9.17, 15) is 0 Å². The molecule has 1 N–H and O–H groups in total. The van der Waals surface area contributed by atoms with Gasteiger partial charge in [-0.25, -0.2) is 0 Å². The Hall–Kier alpha value is -0.820. The molecule has 14 heavy (non-hydrogen) atoms. The molecule has 0 saturated heterocycles. The molecule has 1 aliphatic carbocycles. The second-order valence-electron chi connectivity index (χ2n) is 4.52. The summed E-state index contributed by atoms with van der Waals surface area (Å²) >= 11 is 0. The largest absolute Gasteiger partial charge is 0.319 e. The molecule has 0 heterocycles. The number of rotatable bonds is 3. The molecular formula is C13H19N. The summed E-state index contributed by atoms with van der Waals surface area (Å²) in [5.41, 5.74) is 4.40. The van der Waals surface area contributed by atoms with Gasteiger partial charge in [0.1, 0.15) is 0 Å². The van der Waals surface area contributed by atoms with Crippen molar-refractivity contribution in [2.24, 2.45) is 5.92 Å². The van der Waals surface area contributed by atoms with Gasteiger partial charge in [-0.15, -0.1) is 0 Å². The van der Waals surface area contributed by atoms with Crippen molar-refractivity contribution in [3.63, 3.8) is 0 Å². The van der Waals surface area contributed by atoms with E-state index in [1.54, 1.807) is 5.56 Å². The first-order valence-corrected chi connectivity index (χ1v) is 5.44. The lowest BCUT2D eigenvalue weighted by atomic mass is 10.0. The Balaban J connectivity index is 2.11. The molecule has 2 unspecified atom stereocenters. The minimum Gasteiger partial charge on any atom is -0.319 e. The van der Waals surface area contributed by atoms with Crippen LogP contribution in [0.4, 0.5) is 0 Å². The van der Waals surface area contributed by atoms with Crippen LogP contribution in [0.15, 0.2) is 18.2 Å². The van der Waals surface area contributed by atoms with Crippen molar-refractivity contribution in [1.82, 2.24) is 5.32 Å². The van der Waals surface area contributed by atoms with Crippen LogP contribution in [0.1, 0.15) is 29.0 Å². The molecule has 76 valence electrons.